The van der Waals surface area contributed by atoms with E-state index in [1.54, 1.807) is 11.3 Å². The van der Waals surface area contributed by atoms with Gasteiger partial charge in [-0.15, -0.1) is 10.2 Å². The first-order valence-electron chi connectivity index (χ1n) is 5.61. The van der Waals surface area contributed by atoms with Crippen LogP contribution in [0.2, 0.25) is 0 Å². The van der Waals surface area contributed by atoms with Crippen molar-refractivity contribution in [2.24, 2.45) is 0 Å². The minimum absolute atomic E-state index is 0.113. The van der Waals surface area contributed by atoms with E-state index >= 15 is 0 Å². The zero-order valence-electron chi connectivity index (χ0n) is 10.5. The summed E-state index contributed by atoms with van der Waals surface area (Å²) in [6.07, 6.45) is 2.10. The number of ether oxygens (including phenoxy) is 1. The van der Waals surface area contributed by atoms with Crippen molar-refractivity contribution < 1.29 is 4.74 Å². The van der Waals surface area contributed by atoms with Gasteiger partial charge in [-0.2, -0.15) is 0 Å². The third-order valence-electron chi connectivity index (χ3n) is 1.95. The summed E-state index contributed by atoms with van der Waals surface area (Å²) in [5.41, 5.74) is -0.113. The van der Waals surface area contributed by atoms with E-state index in [1.165, 1.54) is 0 Å². The number of aryl methyl sites for hydroxylation is 1. The van der Waals surface area contributed by atoms with E-state index in [0.717, 1.165) is 29.4 Å². The first-order valence-corrected chi connectivity index (χ1v) is 6.43. The van der Waals surface area contributed by atoms with E-state index in [4.69, 9.17) is 4.74 Å². The van der Waals surface area contributed by atoms with Crippen LogP contribution in [0.5, 0.6) is 0 Å². The van der Waals surface area contributed by atoms with Gasteiger partial charge in [0.2, 0.25) is 0 Å². The van der Waals surface area contributed by atoms with Gasteiger partial charge in [0.25, 0.3) is 0 Å². The maximum absolute atomic E-state index is 5.65. The SMILES string of the molecule is CNCCCc1nnc(COC(C)(C)C)s1. The van der Waals surface area contributed by atoms with Crippen LogP contribution in [0.25, 0.3) is 0 Å². The van der Waals surface area contributed by atoms with Gasteiger partial charge in [-0.25, -0.2) is 0 Å². The molecule has 0 aromatic carbocycles. The van der Waals surface area contributed by atoms with Crippen molar-refractivity contribution in [2.75, 3.05) is 13.6 Å². The molecule has 0 unspecified atom stereocenters. The number of aromatic nitrogens is 2. The Bertz CT molecular complexity index is 306. The average Bonchev–Trinajstić information content (AvgIpc) is 2.62. The lowest BCUT2D eigenvalue weighted by Crippen LogP contribution is -2.18. The van der Waals surface area contributed by atoms with Crippen molar-refractivity contribution in [1.29, 1.82) is 0 Å². The Kier molecular flexibility index (Phi) is 5.31. The van der Waals surface area contributed by atoms with Gasteiger partial charge in [-0.3, -0.25) is 0 Å². The smallest absolute Gasteiger partial charge is 0.143 e. The van der Waals surface area contributed by atoms with E-state index in [-0.39, 0.29) is 5.60 Å². The Morgan fingerprint density at radius 1 is 1.25 bits per heavy atom. The minimum atomic E-state index is -0.113. The highest BCUT2D eigenvalue weighted by Crippen LogP contribution is 2.16. The zero-order valence-corrected chi connectivity index (χ0v) is 11.4. The lowest BCUT2D eigenvalue weighted by Gasteiger charge is -2.17. The number of hydrogen-bond acceptors (Lipinski definition) is 5. The molecule has 0 amide bonds. The molecule has 0 aliphatic rings. The Morgan fingerprint density at radius 3 is 2.56 bits per heavy atom. The summed E-state index contributed by atoms with van der Waals surface area (Å²) in [6.45, 7) is 7.71. The second kappa shape index (κ2) is 6.27. The Balaban J connectivity index is 2.33. The van der Waals surface area contributed by atoms with Crippen LogP contribution in [0.1, 0.15) is 37.2 Å². The molecule has 1 aromatic heterocycles. The third kappa shape index (κ3) is 5.53. The first kappa shape index (κ1) is 13.5. The summed E-state index contributed by atoms with van der Waals surface area (Å²) in [5, 5.41) is 13.5. The van der Waals surface area contributed by atoms with Gasteiger partial charge >= 0.3 is 0 Å². The van der Waals surface area contributed by atoms with E-state index in [9.17, 15) is 0 Å². The van der Waals surface area contributed by atoms with Crippen LogP contribution in [0.4, 0.5) is 0 Å². The molecule has 0 saturated carbocycles. The molecule has 4 nitrogen and oxygen atoms in total. The van der Waals surface area contributed by atoms with Gasteiger partial charge in [-0.1, -0.05) is 11.3 Å². The van der Waals surface area contributed by atoms with Crippen LogP contribution in [0, 0.1) is 0 Å². The fourth-order valence-electron chi connectivity index (χ4n) is 1.14. The van der Waals surface area contributed by atoms with Gasteiger partial charge in [-0.05, 0) is 40.8 Å². The summed E-state index contributed by atoms with van der Waals surface area (Å²) in [4.78, 5) is 0. The molecule has 1 N–H and O–H groups in total. The third-order valence-corrected chi connectivity index (χ3v) is 2.91. The summed E-state index contributed by atoms with van der Waals surface area (Å²) in [6, 6.07) is 0. The van der Waals surface area contributed by atoms with Crippen molar-refractivity contribution in [3.63, 3.8) is 0 Å². The first-order chi connectivity index (χ1) is 7.51. The summed E-state index contributed by atoms with van der Waals surface area (Å²) in [7, 11) is 1.96. The van der Waals surface area contributed by atoms with Crippen molar-refractivity contribution in [3.8, 4) is 0 Å². The Morgan fingerprint density at radius 2 is 1.94 bits per heavy atom. The summed E-state index contributed by atoms with van der Waals surface area (Å²) >= 11 is 1.65. The highest BCUT2D eigenvalue weighted by molar-refractivity contribution is 7.11. The van der Waals surface area contributed by atoms with Gasteiger partial charge in [0.1, 0.15) is 16.6 Å². The van der Waals surface area contributed by atoms with Gasteiger partial charge < -0.3 is 10.1 Å². The molecule has 1 rings (SSSR count). The standard InChI is InChI=1S/C11H21N3OS/c1-11(2,3)15-8-10-14-13-9(16-10)6-5-7-12-4/h12H,5-8H2,1-4H3. The van der Waals surface area contributed by atoms with Gasteiger partial charge in [0.15, 0.2) is 0 Å². The van der Waals surface area contributed by atoms with E-state index < -0.39 is 0 Å². The van der Waals surface area contributed by atoms with E-state index in [2.05, 4.69) is 15.5 Å². The molecule has 5 heteroatoms. The maximum Gasteiger partial charge on any atom is 0.143 e. The lowest BCUT2D eigenvalue weighted by atomic mass is 10.2. The molecule has 0 atom stereocenters. The Hall–Kier alpha value is -0.520. The fourth-order valence-corrected chi connectivity index (χ4v) is 1.94. The summed E-state index contributed by atoms with van der Waals surface area (Å²) in [5.74, 6) is 0. The predicted molar refractivity (Wildman–Crippen MR) is 66.7 cm³/mol. The molecule has 1 aromatic rings. The van der Waals surface area contributed by atoms with Crippen LogP contribution in [-0.4, -0.2) is 29.4 Å². The van der Waals surface area contributed by atoms with Crippen molar-refractivity contribution in [2.45, 2.75) is 45.8 Å². The Labute approximate surface area is 101 Å². The zero-order chi connectivity index (χ0) is 12.0. The molecule has 1 heterocycles. The second-order valence-corrected chi connectivity index (χ2v) is 5.84. The monoisotopic (exact) mass is 243 g/mol. The molecule has 0 radical (unpaired) electrons. The number of nitrogens with one attached hydrogen (secondary N) is 1. The predicted octanol–water partition coefficient (Wildman–Crippen LogP) is 2.01. The maximum atomic E-state index is 5.65. The molecular weight excluding hydrogens is 222 g/mol. The average molecular weight is 243 g/mol. The molecule has 0 saturated heterocycles. The molecule has 0 aliphatic heterocycles. The number of hydrogen-bond donors (Lipinski definition) is 1. The van der Waals surface area contributed by atoms with Crippen LogP contribution in [0.3, 0.4) is 0 Å². The van der Waals surface area contributed by atoms with Crippen LogP contribution >= 0.6 is 11.3 Å². The van der Waals surface area contributed by atoms with Crippen molar-refractivity contribution in [1.82, 2.24) is 15.5 Å². The van der Waals surface area contributed by atoms with Crippen LogP contribution in [-0.2, 0) is 17.8 Å². The van der Waals surface area contributed by atoms with Crippen LogP contribution in [0.15, 0.2) is 0 Å². The molecule has 0 bridgehead atoms. The quantitative estimate of drug-likeness (QED) is 0.776. The van der Waals surface area contributed by atoms with E-state index in [0.29, 0.717) is 6.61 Å². The molecule has 0 spiro atoms. The van der Waals surface area contributed by atoms with Gasteiger partial charge in [0.05, 0.1) is 5.60 Å². The minimum Gasteiger partial charge on any atom is -0.369 e. The van der Waals surface area contributed by atoms with Crippen molar-refractivity contribution in [3.05, 3.63) is 10.0 Å². The second-order valence-electron chi connectivity index (χ2n) is 4.70. The molecular formula is C11H21N3OS. The summed E-state index contributed by atoms with van der Waals surface area (Å²) < 4.78 is 5.65. The highest BCUT2D eigenvalue weighted by atomic mass is 32.1. The van der Waals surface area contributed by atoms with Crippen molar-refractivity contribution >= 4 is 11.3 Å². The largest absolute Gasteiger partial charge is 0.369 e. The highest BCUT2D eigenvalue weighted by Gasteiger charge is 2.12. The lowest BCUT2D eigenvalue weighted by molar-refractivity contribution is -0.0152. The molecule has 0 fully saturated rings. The van der Waals surface area contributed by atoms with E-state index in [1.807, 2.05) is 27.8 Å². The number of nitrogens with zero attached hydrogens (tertiary/aromatic N) is 2. The topological polar surface area (TPSA) is 47.0 Å². The number of rotatable bonds is 6. The normalized spacial score (nSPS) is 12.0. The van der Waals surface area contributed by atoms with Crippen LogP contribution < -0.4 is 5.32 Å². The van der Waals surface area contributed by atoms with Gasteiger partial charge in [0, 0.05) is 6.42 Å². The fraction of sp³-hybridized carbons (Fsp3) is 0.818. The molecule has 0 aliphatic carbocycles. The molecule has 16 heavy (non-hydrogen) atoms. The molecule has 92 valence electrons.